The molecular formula is C19H23NO2S. The van der Waals surface area contributed by atoms with Crippen molar-refractivity contribution in [2.45, 2.75) is 29.4 Å². The Morgan fingerprint density at radius 3 is 2.39 bits per heavy atom. The quantitative estimate of drug-likeness (QED) is 0.862. The van der Waals surface area contributed by atoms with E-state index in [-0.39, 0.29) is 11.7 Å². The molecule has 1 aliphatic heterocycles. The zero-order valence-corrected chi connectivity index (χ0v) is 14.5. The number of rotatable bonds is 4. The van der Waals surface area contributed by atoms with Crippen LogP contribution in [0.15, 0.2) is 53.4 Å². The van der Waals surface area contributed by atoms with E-state index in [1.54, 1.807) is 6.07 Å². The summed E-state index contributed by atoms with van der Waals surface area (Å²) in [5.74, 6) is 0.254. The Balaban J connectivity index is 2.10. The van der Waals surface area contributed by atoms with Crippen molar-refractivity contribution in [3.63, 3.8) is 0 Å². The minimum absolute atomic E-state index is 0.102. The first kappa shape index (κ1) is 16.2. The maximum atomic E-state index is 12.8. The summed E-state index contributed by atoms with van der Waals surface area (Å²) in [6.07, 6.45) is 2.00. The summed E-state index contributed by atoms with van der Waals surface area (Å²) in [5, 5.41) is 0. The van der Waals surface area contributed by atoms with Crippen LogP contribution in [0.4, 0.5) is 0 Å². The summed E-state index contributed by atoms with van der Waals surface area (Å²) in [6, 6.07) is 15.5. The van der Waals surface area contributed by atoms with Gasteiger partial charge >= 0.3 is 0 Å². The number of hydrogen-bond donors (Lipinski definition) is 0. The van der Waals surface area contributed by atoms with Crippen LogP contribution in [-0.4, -0.2) is 34.0 Å². The predicted molar refractivity (Wildman–Crippen MR) is 93.4 cm³/mol. The van der Waals surface area contributed by atoms with Crippen LogP contribution in [0.2, 0.25) is 0 Å². The molecule has 0 bridgehead atoms. The van der Waals surface area contributed by atoms with Gasteiger partial charge in [0.15, 0.2) is 9.84 Å². The highest BCUT2D eigenvalue weighted by atomic mass is 32.2. The van der Waals surface area contributed by atoms with Gasteiger partial charge in [-0.1, -0.05) is 42.5 Å². The fourth-order valence-electron chi connectivity index (χ4n) is 3.43. The van der Waals surface area contributed by atoms with E-state index in [0.717, 1.165) is 30.5 Å². The van der Waals surface area contributed by atoms with E-state index in [9.17, 15) is 8.42 Å². The number of sulfone groups is 1. The third-order valence-electron chi connectivity index (χ3n) is 4.50. The van der Waals surface area contributed by atoms with Crippen LogP contribution < -0.4 is 0 Å². The zero-order chi connectivity index (χ0) is 16.4. The van der Waals surface area contributed by atoms with Gasteiger partial charge in [-0.25, -0.2) is 8.42 Å². The lowest BCUT2D eigenvalue weighted by Gasteiger charge is -2.20. The minimum atomic E-state index is -3.28. The van der Waals surface area contributed by atoms with Gasteiger partial charge in [-0.2, -0.15) is 0 Å². The Morgan fingerprint density at radius 2 is 1.65 bits per heavy atom. The Morgan fingerprint density at radius 1 is 1.00 bits per heavy atom. The second kappa shape index (κ2) is 6.46. The van der Waals surface area contributed by atoms with E-state index in [0.29, 0.717) is 4.90 Å². The summed E-state index contributed by atoms with van der Waals surface area (Å²) in [7, 11) is 0.861. The highest BCUT2D eigenvalue weighted by Crippen LogP contribution is 2.39. The maximum Gasteiger partial charge on any atom is 0.182 e. The molecule has 0 N–H and O–H groups in total. The molecule has 1 heterocycles. The van der Waals surface area contributed by atoms with Gasteiger partial charge in [0.2, 0.25) is 0 Å². The second-order valence-corrected chi connectivity index (χ2v) is 8.45. The van der Waals surface area contributed by atoms with Gasteiger partial charge < -0.3 is 4.90 Å². The summed E-state index contributed by atoms with van der Waals surface area (Å²) < 4.78 is 25.6. The molecule has 122 valence electrons. The topological polar surface area (TPSA) is 37.4 Å². The summed E-state index contributed by atoms with van der Waals surface area (Å²) in [6.45, 7) is 1.01. The molecule has 1 atom stereocenters. The monoisotopic (exact) mass is 329 g/mol. The van der Waals surface area contributed by atoms with E-state index < -0.39 is 9.84 Å². The molecule has 0 spiro atoms. The van der Waals surface area contributed by atoms with Crippen molar-refractivity contribution in [2.75, 3.05) is 20.6 Å². The Hall–Kier alpha value is -1.65. The van der Waals surface area contributed by atoms with Crippen LogP contribution in [0.1, 0.15) is 35.4 Å². The smallest absolute Gasteiger partial charge is 0.182 e. The number of fused-ring (bicyclic) bond motifs is 2. The van der Waals surface area contributed by atoms with Crippen molar-refractivity contribution in [3.8, 4) is 0 Å². The fourth-order valence-corrected chi connectivity index (χ4v) is 5.11. The van der Waals surface area contributed by atoms with Crippen LogP contribution in [0, 0.1) is 0 Å². The Bertz CT molecular complexity index is 797. The van der Waals surface area contributed by atoms with E-state index in [2.05, 4.69) is 25.1 Å². The lowest BCUT2D eigenvalue weighted by molar-refractivity contribution is 0.389. The summed E-state index contributed by atoms with van der Waals surface area (Å²) in [5.41, 5.74) is 3.06. The SMILES string of the molecule is CN(C)CCCC1c2ccccc2CS(=O)(=O)c2ccccc21. The van der Waals surface area contributed by atoms with Crippen molar-refractivity contribution in [2.24, 2.45) is 0 Å². The van der Waals surface area contributed by atoms with E-state index in [4.69, 9.17) is 0 Å². The van der Waals surface area contributed by atoms with Gasteiger partial charge in [0.1, 0.15) is 0 Å². The lowest BCUT2D eigenvalue weighted by Crippen LogP contribution is -2.14. The van der Waals surface area contributed by atoms with Crippen molar-refractivity contribution < 1.29 is 8.42 Å². The number of hydrogen-bond acceptors (Lipinski definition) is 3. The number of nitrogens with zero attached hydrogens (tertiary/aromatic N) is 1. The predicted octanol–water partition coefficient (Wildman–Crippen LogP) is 3.45. The highest BCUT2D eigenvalue weighted by Gasteiger charge is 2.30. The van der Waals surface area contributed by atoms with Gasteiger partial charge in [0.25, 0.3) is 0 Å². The third-order valence-corrected chi connectivity index (χ3v) is 6.24. The zero-order valence-electron chi connectivity index (χ0n) is 13.7. The molecule has 0 saturated carbocycles. The molecule has 2 aromatic carbocycles. The largest absolute Gasteiger partial charge is 0.309 e. The fraction of sp³-hybridized carbons (Fsp3) is 0.368. The molecular weight excluding hydrogens is 306 g/mol. The molecule has 23 heavy (non-hydrogen) atoms. The highest BCUT2D eigenvalue weighted by molar-refractivity contribution is 7.90. The van der Waals surface area contributed by atoms with Crippen LogP contribution in [-0.2, 0) is 15.6 Å². The van der Waals surface area contributed by atoms with Gasteiger partial charge in [0.05, 0.1) is 10.6 Å². The van der Waals surface area contributed by atoms with Crippen molar-refractivity contribution in [1.82, 2.24) is 4.90 Å². The summed E-state index contributed by atoms with van der Waals surface area (Å²) >= 11 is 0. The van der Waals surface area contributed by atoms with Gasteiger partial charge in [0, 0.05) is 5.92 Å². The van der Waals surface area contributed by atoms with Crippen LogP contribution in [0.3, 0.4) is 0 Å². The average molecular weight is 329 g/mol. The van der Waals surface area contributed by atoms with E-state index >= 15 is 0 Å². The molecule has 1 aliphatic rings. The third kappa shape index (κ3) is 3.33. The van der Waals surface area contributed by atoms with Crippen molar-refractivity contribution in [1.29, 1.82) is 0 Å². The Kier molecular flexibility index (Phi) is 4.55. The van der Waals surface area contributed by atoms with Crippen LogP contribution in [0.5, 0.6) is 0 Å². The molecule has 3 rings (SSSR count). The molecule has 0 amide bonds. The first-order valence-corrected chi connectivity index (χ1v) is 9.68. The normalized spacial score (nSPS) is 19.0. The second-order valence-electron chi connectivity index (χ2n) is 6.49. The van der Waals surface area contributed by atoms with Crippen LogP contribution >= 0.6 is 0 Å². The average Bonchev–Trinajstić information content (AvgIpc) is 2.60. The van der Waals surface area contributed by atoms with Gasteiger partial charge in [-0.3, -0.25) is 0 Å². The molecule has 0 aromatic heterocycles. The van der Waals surface area contributed by atoms with Crippen molar-refractivity contribution >= 4 is 9.84 Å². The molecule has 0 fully saturated rings. The first-order valence-electron chi connectivity index (χ1n) is 8.03. The van der Waals surface area contributed by atoms with Gasteiger partial charge in [-0.15, -0.1) is 0 Å². The Labute approximate surface area is 138 Å². The molecule has 0 aliphatic carbocycles. The molecule has 0 saturated heterocycles. The molecule has 3 nitrogen and oxygen atoms in total. The lowest BCUT2D eigenvalue weighted by atomic mass is 9.85. The van der Waals surface area contributed by atoms with E-state index in [1.165, 1.54) is 5.56 Å². The first-order chi connectivity index (χ1) is 11.0. The molecule has 4 heteroatoms. The summed E-state index contributed by atoms with van der Waals surface area (Å²) in [4.78, 5) is 2.68. The van der Waals surface area contributed by atoms with Crippen molar-refractivity contribution in [3.05, 3.63) is 65.2 Å². The maximum absolute atomic E-state index is 12.8. The van der Waals surface area contributed by atoms with Crippen LogP contribution in [0.25, 0.3) is 0 Å². The molecule has 1 unspecified atom stereocenters. The minimum Gasteiger partial charge on any atom is -0.309 e. The molecule has 0 radical (unpaired) electrons. The number of benzene rings is 2. The van der Waals surface area contributed by atoms with E-state index in [1.807, 2.05) is 36.4 Å². The van der Waals surface area contributed by atoms with Gasteiger partial charge in [-0.05, 0) is 56.2 Å². The molecule has 2 aromatic rings. The standard InChI is InChI=1S/C19H23NO2S/c1-20(2)13-7-11-17-16-9-4-3-8-15(16)14-23(21,22)19-12-6-5-10-18(17)19/h3-6,8-10,12,17H,7,11,13-14H2,1-2H3.